The maximum Gasteiger partial charge on any atom is 0.350 e. The molecule has 0 saturated heterocycles. The monoisotopic (exact) mass is 347 g/mol. The number of rotatable bonds is 5. The molecule has 0 bridgehead atoms. The average Bonchev–Trinajstić information content (AvgIpc) is 2.95. The molecule has 1 aromatic carbocycles. The Morgan fingerprint density at radius 2 is 1.92 bits per heavy atom. The van der Waals surface area contributed by atoms with Crippen molar-refractivity contribution in [2.45, 2.75) is 13.8 Å². The van der Waals surface area contributed by atoms with Gasteiger partial charge in [0.25, 0.3) is 5.91 Å². The summed E-state index contributed by atoms with van der Waals surface area (Å²) in [7, 11) is 0. The minimum absolute atomic E-state index is 0.333. The number of imide groups is 1. The quantitative estimate of drug-likeness (QED) is 0.808. The van der Waals surface area contributed by atoms with E-state index in [0.29, 0.717) is 22.1 Å². The highest BCUT2D eigenvalue weighted by atomic mass is 32.1. The minimum Gasteiger partial charge on any atom is -0.451 e. The molecule has 0 atom stereocenters. The summed E-state index contributed by atoms with van der Waals surface area (Å²) in [6.07, 6.45) is 0. The lowest BCUT2D eigenvalue weighted by Gasteiger charge is -2.05. The smallest absolute Gasteiger partial charge is 0.350 e. The normalized spacial score (nSPS) is 10.1. The largest absolute Gasteiger partial charge is 0.451 e. The Hall–Kier alpha value is -2.74. The van der Waals surface area contributed by atoms with Crippen LogP contribution in [0.5, 0.6) is 0 Å². The molecule has 2 aromatic rings. The predicted octanol–water partition coefficient (Wildman–Crippen LogP) is 2.12. The molecule has 3 amide bonds. The van der Waals surface area contributed by atoms with E-state index in [2.05, 4.69) is 15.6 Å². The number of hydrogen-bond acceptors (Lipinski definition) is 6. The lowest BCUT2D eigenvalue weighted by atomic mass is 10.2. The number of amides is 3. The van der Waals surface area contributed by atoms with Crippen molar-refractivity contribution in [2.75, 3.05) is 13.2 Å². The number of nitrogens with zero attached hydrogens (tertiary/aromatic N) is 1. The van der Waals surface area contributed by atoms with Crippen LogP contribution in [0.1, 0.15) is 22.3 Å². The molecule has 0 aliphatic carbocycles. The van der Waals surface area contributed by atoms with Gasteiger partial charge in [0.15, 0.2) is 6.61 Å². The van der Waals surface area contributed by atoms with E-state index in [9.17, 15) is 14.4 Å². The Labute approximate surface area is 143 Å². The van der Waals surface area contributed by atoms with E-state index in [1.54, 1.807) is 13.8 Å². The van der Waals surface area contributed by atoms with Crippen LogP contribution >= 0.6 is 11.3 Å². The lowest BCUT2D eigenvalue weighted by Crippen LogP contribution is -2.41. The molecule has 0 unspecified atom stereocenters. The van der Waals surface area contributed by atoms with E-state index in [-0.39, 0.29) is 0 Å². The van der Waals surface area contributed by atoms with Gasteiger partial charge in [-0.2, -0.15) is 0 Å². The van der Waals surface area contributed by atoms with E-state index in [1.165, 1.54) is 11.3 Å². The molecule has 1 heterocycles. The Bertz CT molecular complexity index is 743. The number of aryl methyl sites for hydroxylation is 1. The first-order valence-corrected chi connectivity index (χ1v) is 8.10. The van der Waals surface area contributed by atoms with Crippen molar-refractivity contribution in [3.8, 4) is 10.6 Å². The molecule has 8 heteroatoms. The zero-order chi connectivity index (χ0) is 17.5. The molecule has 2 N–H and O–H groups in total. The number of carbonyl (C=O) groups is 3. The van der Waals surface area contributed by atoms with Gasteiger partial charge < -0.3 is 10.1 Å². The third-order valence-electron chi connectivity index (χ3n) is 2.93. The molecule has 24 heavy (non-hydrogen) atoms. The number of hydrogen-bond donors (Lipinski definition) is 2. The summed E-state index contributed by atoms with van der Waals surface area (Å²) >= 11 is 1.20. The van der Waals surface area contributed by atoms with Crippen molar-refractivity contribution in [3.05, 3.63) is 40.9 Å². The van der Waals surface area contributed by atoms with Gasteiger partial charge in [-0.25, -0.2) is 14.6 Å². The van der Waals surface area contributed by atoms with Gasteiger partial charge in [-0.3, -0.25) is 10.1 Å². The SMILES string of the molecule is CCNC(=O)NC(=O)COC(=O)c1sc(-c2ccccc2)nc1C. The number of aromatic nitrogens is 1. The molecule has 0 saturated carbocycles. The second kappa shape index (κ2) is 8.21. The van der Waals surface area contributed by atoms with Crippen molar-refractivity contribution in [1.29, 1.82) is 0 Å². The van der Waals surface area contributed by atoms with Crippen molar-refractivity contribution in [3.63, 3.8) is 0 Å². The molecular formula is C16H17N3O4S. The summed E-state index contributed by atoms with van der Waals surface area (Å²) < 4.78 is 4.94. The number of esters is 1. The van der Waals surface area contributed by atoms with E-state index in [4.69, 9.17) is 4.74 Å². The van der Waals surface area contributed by atoms with Crippen LogP contribution in [0, 0.1) is 6.92 Å². The molecule has 0 fully saturated rings. The van der Waals surface area contributed by atoms with Crippen LogP contribution in [0.25, 0.3) is 10.6 Å². The number of nitrogens with one attached hydrogen (secondary N) is 2. The van der Waals surface area contributed by atoms with Gasteiger partial charge in [-0.05, 0) is 13.8 Å². The molecule has 0 spiro atoms. The Morgan fingerprint density at radius 3 is 2.58 bits per heavy atom. The number of benzene rings is 1. The van der Waals surface area contributed by atoms with E-state index >= 15 is 0 Å². The summed E-state index contributed by atoms with van der Waals surface area (Å²) in [5.74, 6) is -1.34. The summed E-state index contributed by atoms with van der Waals surface area (Å²) in [4.78, 5) is 39.5. The molecule has 1 aromatic heterocycles. The first-order valence-electron chi connectivity index (χ1n) is 7.29. The van der Waals surface area contributed by atoms with Crippen molar-refractivity contribution in [2.24, 2.45) is 0 Å². The summed E-state index contributed by atoms with van der Waals surface area (Å²) in [5.41, 5.74) is 1.44. The van der Waals surface area contributed by atoms with E-state index in [1.807, 2.05) is 30.3 Å². The molecular weight excluding hydrogens is 330 g/mol. The lowest BCUT2D eigenvalue weighted by molar-refractivity contribution is -0.123. The van der Waals surface area contributed by atoms with Gasteiger partial charge in [0.05, 0.1) is 5.69 Å². The minimum atomic E-state index is -0.695. The third kappa shape index (κ3) is 4.63. The summed E-state index contributed by atoms with van der Waals surface area (Å²) in [5, 5.41) is 5.16. The molecule has 2 rings (SSSR count). The maximum atomic E-state index is 12.1. The van der Waals surface area contributed by atoms with Gasteiger partial charge in [0, 0.05) is 12.1 Å². The van der Waals surface area contributed by atoms with Crippen LogP contribution in [-0.2, 0) is 9.53 Å². The van der Waals surface area contributed by atoms with Crippen LogP contribution in [0.2, 0.25) is 0 Å². The fourth-order valence-corrected chi connectivity index (χ4v) is 2.82. The average molecular weight is 347 g/mol. The number of urea groups is 1. The van der Waals surface area contributed by atoms with Gasteiger partial charge >= 0.3 is 12.0 Å². The van der Waals surface area contributed by atoms with Crippen LogP contribution in [0.4, 0.5) is 4.79 Å². The second-order valence-corrected chi connectivity index (χ2v) is 5.78. The van der Waals surface area contributed by atoms with Gasteiger partial charge in [0.2, 0.25) is 0 Å². The highest BCUT2D eigenvalue weighted by Gasteiger charge is 2.19. The molecule has 0 aliphatic rings. The Balaban J connectivity index is 1.97. The van der Waals surface area contributed by atoms with Crippen molar-refractivity contribution in [1.82, 2.24) is 15.6 Å². The Morgan fingerprint density at radius 1 is 1.21 bits per heavy atom. The zero-order valence-corrected chi connectivity index (χ0v) is 14.1. The summed E-state index contributed by atoms with van der Waals surface area (Å²) in [6.45, 7) is 3.28. The predicted molar refractivity (Wildman–Crippen MR) is 89.8 cm³/mol. The van der Waals surface area contributed by atoms with Crippen molar-refractivity contribution >= 4 is 29.2 Å². The molecule has 0 aliphatic heterocycles. The van der Waals surface area contributed by atoms with Gasteiger partial charge in [-0.15, -0.1) is 11.3 Å². The van der Waals surface area contributed by atoms with Crippen LogP contribution in [0.3, 0.4) is 0 Å². The van der Waals surface area contributed by atoms with Gasteiger partial charge in [-0.1, -0.05) is 30.3 Å². The standard InChI is InChI=1S/C16H17N3O4S/c1-3-17-16(22)19-12(20)9-23-15(21)13-10(2)18-14(24-13)11-7-5-4-6-8-11/h4-8H,3,9H2,1-2H3,(H2,17,19,20,22). The van der Waals surface area contributed by atoms with Crippen molar-refractivity contribution < 1.29 is 19.1 Å². The zero-order valence-electron chi connectivity index (χ0n) is 13.3. The second-order valence-electron chi connectivity index (χ2n) is 4.78. The fraction of sp³-hybridized carbons (Fsp3) is 0.250. The number of carbonyl (C=O) groups excluding carboxylic acids is 3. The van der Waals surface area contributed by atoms with E-state index in [0.717, 1.165) is 5.56 Å². The maximum absolute atomic E-state index is 12.1. The number of ether oxygens (including phenoxy) is 1. The summed E-state index contributed by atoms with van der Waals surface area (Å²) in [6, 6.07) is 8.83. The van der Waals surface area contributed by atoms with Crippen LogP contribution in [0.15, 0.2) is 30.3 Å². The highest BCUT2D eigenvalue weighted by Crippen LogP contribution is 2.28. The Kier molecular flexibility index (Phi) is 6.02. The number of thiazole rings is 1. The topological polar surface area (TPSA) is 97.4 Å². The fourth-order valence-electron chi connectivity index (χ4n) is 1.85. The first-order chi connectivity index (χ1) is 11.5. The molecule has 126 valence electrons. The van der Waals surface area contributed by atoms with E-state index < -0.39 is 24.5 Å². The third-order valence-corrected chi connectivity index (χ3v) is 4.11. The van der Waals surface area contributed by atoms with Crippen LogP contribution < -0.4 is 10.6 Å². The highest BCUT2D eigenvalue weighted by molar-refractivity contribution is 7.17. The van der Waals surface area contributed by atoms with Crippen LogP contribution in [-0.4, -0.2) is 36.0 Å². The molecule has 7 nitrogen and oxygen atoms in total. The van der Waals surface area contributed by atoms with Gasteiger partial charge in [0.1, 0.15) is 9.88 Å². The first kappa shape index (κ1) is 17.6. The molecule has 0 radical (unpaired) electrons.